The lowest BCUT2D eigenvalue weighted by atomic mass is 9.82. The van der Waals surface area contributed by atoms with Gasteiger partial charge >= 0.3 is 0 Å². The number of ether oxygens (including phenoxy) is 1. The number of carbonyl (C=O) groups excluding carboxylic acids is 1. The second kappa shape index (κ2) is 6.79. The van der Waals surface area contributed by atoms with Crippen LogP contribution >= 0.6 is 0 Å². The van der Waals surface area contributed by atoms with Crippen LogP contribution in [0.5, 0.6) is 0 Å². The third-order valence-corrected chi connectivity index (χ3v) is 5.09. The van der Waals surface area contributed by atoms with Crippen molar-refractivity contribution in [1.29, 1.82) is 0 Å². The molecule has 1 amide bonds. The summed E-state index contributed by atoms with van der Waals surface area (Å²) in [6, 6.07) is 2.30. The fourth-order valence-corrected chi connectivity index (χ4v) is 3.66. The van der Waals surface area contributed by atoms with E-state index in [0.717, 1.165) is 51.6 Å². The average Bonchev–Trinajstić information content (AvgIpc) is 3.26. The summed E-state index contributed by atoms with van der Waals surface area (Å²) >= 11 is 0. The molecule has 2 aliphatic rings. The molecule has 0 aromatic carbocycles. The van der Waals surface area contributed by atoms with Gasteiger partial charge in [-0.25, -0.2) is 0 Å². The van der Waals surface area contributed by atoms with Gasteiger partial charge in [-0.3, -0.25) is 9.48 Å². The van der Waals surface area contributed by atoms with Crippen LogP contribution in [0.15, 0.2) is 12.3 Å². The molecule has 22 heavy (non-hydrogen) atoms. The number of hydrogen-bond donors (Lipinski definition) is 2. The first-order valence-electron chi connectivity index (χ1n) is 8.30. The summed E-state index contributed by atoms with van der Waals surface area (Å²) in [6.45, 7) is 2.62. The Kier molecular flexibility index (Phi) is 4.78. The lowest BCUT2D eigenvalue weighted by Crippen LogP contribution is -2.35. The van der Waals surface area contributed by atoms with Crippen LogP contribution in [-0.2, 0) is 9.53 Å². The minimum Gasteiger partial charge on any atom is -0.385 e. The molecule has 2 fully saturated rings. The van der Waals surface area contributed by atoms with Gasteiger partial charge in [-0.2, -0.15) is 5.10 Å². The van der Waals surface area contributed by atoms with Gasteiger partial charge in [-0.1, -0.05) is 12.8 Å². The molecule has 1 saturated carbocycles. The zero-order chi connectivity index (χ0) is 15.4. The van der Waals surface area contributed by atoms with E-state index in [1.807, 2.05) is 16.9 Å². The van der Waals surface area contributed by atoms with E-state index in [2.05, 4.69) is 15.7 Å². The summed E-state index contributed by atoms with van der Waals surface area (Å²) in [7, 11) is 1.69. The molecule has 0 bridgehead atoms. The Morgan fingerprint density at radius 1 is 1.55 bits per heavy atom. The van der Waals surface area contributed by atoms with Crippen molar-refractivity contribution >= 4 is 11.7 Å². The van der Waals surface area contributed by atoms with Gasteiger partial charge in [0.05, 0.1) is 11.5 Å². The number of nitrogens with zero attached hydrogens (tertiary/aromatic N) is 2. The van der Waals surface area contributed by atoms with E-state index in [0.29, 0.717) is 18.5 Å². The molecular formula is C16H26N4O2. The fourth-order valence-electron chi connectivity index (χ4n) is 3.66. The molecular weight excluding hydrogens is 280 g/mol. The molecule has 0 radical (unpaired) electrons. The van der Waals surface area contributed by atoms with Crippen LogP contribution in [0.25, 0.3) is 0 Å². The molecule has 2 heterocycles. The summed E-state index contributed by atoms with van der Waals surface area (Å²) in [5.74, 6) is 0.775. The summed E-state index contributed by atoms with van der Waals surface area (Å²) in [6.07, 6.45) is 8.00. The Balaban J connectivity index is 1.64. The van der Waals surface area contributed by atoms with E-state index in [1.54, 1.807) is 7.11 Å². The van der Waals surface area contributed by atoms with E-state index in [9.17, 15) is 4.79 Å². The van der Waals surface area contributed by atoms with E-state index in [-0.39, 0.29) is 11.3 Å². The van der Waals surface area contributed by atoms with Crippen LogP contribution in [0.1, 0.15) is 44.6 Å². The Labute approximate surface area is 131 Å². The van der Waals surface area contributed by atoms with Crippen molar-refractivity contribution in [2.24, 2.45) is 5.41 Å². The highest BCUT2D eigenvalue weighted by Crippen LogP contribution is 2.42. The SMILES string of the molecule is COCCC1(C(=O)Nc2ccn(C3CCNC3)n2)CCCC1. The highest BCUT2D eigenvalue weighted by molar-refractivity contribution is 5.94. The number of rotatable bonds is 6. The number of hydrogen-bond acceptors (Lipinski definition) is 4. The standard InChI is InChI=1S/C16H26N4O2/c1-22-11-8-16(6-2-3-7-16)15(21)18-14-5-10-20(19-14)13-4-9-17-12-13/h5,10,13,17H,2-4,6-9,11-12H2,1H3,(H,18,19,21). The van der Waals surface area contributed by atoms with Gasteiger partial charge in [0.15, 0.2) is 5.82 Å². The molecule has 1 aromatic heterocycles. The van der Waals surface area contributed by atoms with Gasteiger partial charge in [0.1, 0.15) is 0 Å². The van der Waals surface area contributed by atoms with Crippen molar-refractivity contribution in [2.75, 3.05) is 32.1 Å². The summed E-state index contributed by atoms with van der Waals surface area (Å²) in [5.41, 5.74) is -0.269. The maximum atomic E-state index is 12.7. The smallest absolute Gasteiger partial charge is 0.231 e. The Morgan fingerprint density at radius 3 is 3.05 bits per heavy atom. The number of anilines is 1. The van der Waals surface area contributed by atoms with Crippen LogP contribution in [0, 0.1) is 5.41 Å². The van der Waals surface area contributed by atoms with Crippen molar-refractivity contribution in [3.05, 3.63) is 12.3 Å². The molecule has 122 valence electrons. The summed E-state index contributed by atoms with van der Waals surface area (Å²) in [4.78, 5) is 12.7. The predicted molar refractivity (Wildman–Crippen MR) is 84.8 cm³/mol. The van der Waals surface area contributed by atoms with Gasteiger partial charge in [0.25, 0.3) is 0 Å². The lowest BCUT2D eigenvalue weighted by molar-refractivity contribution is -0.126. The van der Waals surface area contributed by atoms with E-state index in [4.69, 9.17) is 4.74 Å². The zero-order valence-corrected chi connectivity index (χ0v) is 13.3. The first-order chi connectivity index (χ1) is 10.7. The predicted octanol–water partition coefficient (Wildman–Crippen LogP) is 1.95. The minimum atomic E-state index is -0.269. The Morgan fingerprint density at radius 2 is 2.36 bits per heavy atom. The van der Waals surface area contributed by atoms with Gasteiger partial charge in [0.2, 0.25) is 5.91 Å². The molecule has 6 nitrogen and oxygen atoms in total. The third-order valence-electron chi connectivity index (χ3n) is 5.09. The molecule has 2 N–H and O–H groups in total. The molecule has 1 aliphatic heterocycles. The van der Waals surface area contributed by atoms with E-state index >= 15 is 0 Å². The highest BCUT2D eigenvalue weighted by atomic mass is 16.5. The van der Waals surface area contributed by atoms with Crippen molar-refractivity contribution in [2.45, 2.75) is 44.6 Å². The topological polar surface area (TPSA) is 68.2 Å². The second-order valence-corrected chi connectivity index (χ2v) is 6.51. The van der Waals surface area contributed by atoms with Crippen LogP contribution in [0.3, 0.4) is 0 Å². The van der Waals surface area contributed by atoms with E-state index < -0.39 is 0 Å². The minimum absolute atomic E-state index is 0.108. The Bertz CT molecular complexity index is 502. The Hall–Kier alpha value is -1.40. The molecule has 1 aromatic rings. The van der Waals surface area contributed by atoms with Crippen LogP contribution in [-0.4, -0.2) is 42.5 Å². The largest absolute Gasteiger partial charge is 0.385 e. The maximum Gasteiger partial charge on any atom is 0.231 e. The first-order valence-corrected chi connectivity index (χ1v) is 8.30. The highest BCUT2D eigenvalue weighted by Gasteiger charge is 2.40. The quantitative estimate of drug-likeness (QED) is 0.843. The number of carbonyl (C=O) groups is 1. The number of methoxy groups -OCH3 is 1. The molecule has 0 spiro atoms. The number of amides is 1. The monoisotopic (exact) mass is 306 g/mol. The van der Waals surface area contributed by atoms with Crippen molar-refractivity contribution in [3.8, 4) is 0 Å². The summed E-state index contributed by atoms with van der Waals surface area (Å²) < 4.78 is 7.16. The normalized spacial score (nSPS) is 23.8. The van der Waals surface area contributed by atoms with Crippen LogP contribution in [0.4, 0.5) is 5.82 Å². The molecule has 3 rings (SSSR count). The first kappa shape index (κ1) is 15.5. The molecule has 1 unspecified atom stereocenters. The van der Waals surface area contributed by atoms with Crippen molar-refractivity contribution < 1.29 is 9.53 Å². The molecule has 6 heteroatoms. The van der Waals surface area contributed by atoms with E-state index in [1.165, 1.54) is 0 Å². The summed E-state index contributed by atoms with van der Waals surface area (Å²) in [5, 5.41) is 10.9. The number of aromatic nitrogens is 2. The average molecular weight is 306 g/mol. The molecule has 1 atom stereocenters. The molecule has 1 aliphatic carbocycles. The van der Waals surface area contributed by atoms with Crippen molar-refractivity contribution in [1.82, 2.24) is 15.1 Å². The maximum absolute atomic E-state index is 12.7. The zero-order valence-electron chi connectivity index (χ0n) is 13.3. The fraction of sp³-hybridized carbons (Fsp3) is 0.750. The van der Waals surface area contributed by atoms with Gasteiger partial charge in [0, 0.05) is 32.5 Å². The van der Waals surface area contributed by atoms with Crippen LogP contribution < -0.4 is 10.6 Å². The number of nitrogens with one attached hydrogen (secondary N) is 2. The van der Waals surface area contributed by atoms with Crippen LogP contribution in [0.2, 0.25) is 0 Å². The second-order valence-electron chi connectivity index (χ2n) is 6.51. The van der Waals surface area contributed by atoms with Gasteiger partial charge < -0.3 is 15.4 Å². The third kappa shape index (κ3) is 3.17. The van der Waals surface area contributed by atoms with Gasteiger partial charge in [-0.05, 0) is 32.2 Å². The van der Waals surface area contributed by atoms with Gasteiger partial charge in [-0.15, -0.1) is 0 Å². The van der Waals surface area contributed by atoms with Crippen molar-refractivity contribution in [3.63, 3.8) is 0 Å². The molecule has 1 saturated heterocycles. The lowest BCUT2D eigenvalue weighted by Gasteiger charge is -2.26.